The van der Waals surface area contributed by atoms with Crippen molar-refractivity contribution < 1.29 is 28.7 Å². The molecule has 0 aliphatic carbocycles. The molecule has 1 atom stereocenters. The van der Waals surface area contributed by atoms with E-state index >= 15 is 0 Å². The number of nitrogens with zero attached hydrogens (tertiary/aromatic N) is 1. The number of imide groups is 2. The van der Waals surface area contributed by atoms with Crippen molar-refractivity contribution in [3.05, 3.63) is 29.3 Å². The number of carbonyl (C=O) groups is 4. The minimum Gasteiger partial charge on any atom is -0.382 e. The van der Waals surface area contributed by atoms with Crippen LogP contribution in [0.1, 0.15) is 130 Å². The first-order valence-electron chi connectivity index (χ1n) is 16.3. The second-order valence-electron chi connectivity index (χ2n) is 11.4. The lowest BCUT2D eigenvalue weighted by atomic mass is 10.0. The van der Waals surface area contributed by atoms with Crippen LogP contribution < -0.4 is 10.6 Å². The molecule has 234 valence electrons. The molecule has 1 saturated heterocycles. The molecule has 0 spiro atoms. The van der Waals surface area contributed by atoms with Gasteiger partial charge in [0, 0.05) is 25.3 Å². The zero-order chi connectivity index (χ0) is 30.0. The van der Waals surface area contributed by atoms with Crippen molar-refractivity contribution in [1.82, 2.24) is 10.2 Å². The maximum absolute atomic E-state index is 13.1. The van der Waals surface area contributed by atoms with Gasteiger partial charge in [0.15, 0.2) is 0 Å². The van der Waals surface area contributed by atoms with E-state index in [9.17, 15) is 19.2 Å². The largest absolute Gasteiger partial charge is 0.382 e. The molecule has 4 amide bonds. The van der Waals surface area contributed by atoms with E-state index in [0.717, 1.165) is 17.9 Å². The summed E-state index contributed by atoms with van der Waals surface area (Å²) >= 11 is 0. The third-order valence-electron chi connectivity index (χ3n) is 8.04. The van der Waals surface area contributed by atoms with Crippen molar-refractivity contribution in [2.45, 2.75) is 116 Å². The lowest BCUT2D eigenvalue weighted by Gasteiger charge is -2.27. The fourth-order valence-electron chi connectivity index (χ4n) is 5.64. The van der Waals surface area contributed by atoms with Gasteiger partial charge in [-0.3, -0.25) is 29.4 Å². The molecule has 9 heteroatoms. The Bertz CT molecular complexity index is 1010. The second kappa shape index (κ2) is 19.4. The van der Waals surface area contributed by atoms with Gasteiger partial charge in [0.05, 0.1) is 30.9 Å². The first kappa shape index (κ1) is 33.7. The summed E-state index contributed by atoms with van der Waals surface area (Å²) in [5, 5.41) is 5.39. The summed E-state index contributed by atoms with van der Waals surface area (Å²) in [6.07, 6.45) is 19.0. The minimum absolute atomic E-state index is 0.0927. The lowest BCUT2D eigenvalue weighted by molar-refractivity contribution is -0.136. The highest BCUT2D eigenvalue weighted by Crippen LogP contribution is 2.32. The predicted octanol–water partition coefficient (Wildman–Crippen LogP) is 6.01. The lowest BCUT2D eigenvalue weighted by Crippen LogP contribution is -2.54. The highest BCUT2D eigenvalue weighted by molar-refractivity contribution is 6.25. The van der Waals surface area contributed by atoms with Crippen molar-refractivity contribution in [3.8, 4) is 0 Å². The third-order valence-corrected chi connectivity index (χ3v) is 8.04. The van der Waals surface area contributed by atoms with E-state index in [1.165, 1.54) is 83.5 Å². The molecule has 0 bridgehead atoms. The average Bonchev–Trinajstić information content (AvgIpc) is 3.23. The topological polar surface area (TPSA) is 114 Å². The van der Waals surface area contributed by atoms with Gasteiger partial charge >= 0.3 is 0 Å². The molecule has 1 fully saturated rings. The summed E-state index contributed by atoms with van der Waals surface area (Å²) in [4.78, 5) is 50.8. The van der Waals surface area contributed by atoms with E-state index in [1.54, 1.807) is 18.2 Å². The summed E-state index contributed by atoms with van der Waals surface area (Å²) in [5.74, 6) is -2.04. The number of hydrogen-bond donors (Lipinski definition) is 2. The van der Waals surface area contributed by atoms with Gasteiger partial charge in [0.25, 0.3) is 11.8 Å². The highest BCUT2D eigenvalue weighted by Gasteiger charge is 2.45. The van der Waals surface area contributed by atoms with Gasteiger partial charge in [-0.1, -0.05) is 96.5 Å². The molecular weight excluding hydrogens is 534 g/mol. The molecular formula is C33H51N3O6. The van der Waals surface area contributed by atoms with Crippen LogP contribution in [0, 0.1) is 0 Å². The SMILES string of the molecule is CCCCCCCCCCCCCCCCOCCOCCNc1cccc2c1C(=O)N(C1CCC(=O)NC1=O)C2=O. The Morgan fingerprint density at radius 1 is 0.762 bits per heavy atom. The van der Waals surface area contributed by atoms with E-state index in [4.69, 9.17) is 9.47 Å². The number of fused-ring (bicyclic) bond motifs is 1. The average molecular weight is 586 g/mol. The monoisotopic (exact) mass is 585 g/mol. The molecule has 9 nitrogen and oxygen atoms in total. The number of anilines is 1. The molecule has 0 aromatic heterocycles. The molecule has 42 heavy (non-hydrogen) atoms. The third kappa shape index (κ3) is 10.8. The molecule has 1 aromatic rings. The number of carbonyl (C=O) groups excluding carboxylic acids is 4. The summed E-state index contributed by atoms with van der Waals surface area (Å²) in [7, 11) is 0. The van der Waals surface area contributed by atoms with Crippen molar-refractivity contribution in [1.29, 1.82) is 0 Å². The number of rotatable bonds is 23. The Balaban J connectivity index is 1.17. The van der Waals surface area contributed by atoms with Gasteiger partial charge in [-0.15, -0.1) is 0 Å². The zero-order valence-electron chi connectivity index (χ0n) is 25.6. The van der Waals surface area contributed by atoms with Crippen LogP contribution in [0.3, 0.4) is 0 Å². The van der Waals surface area contributed by atoms with Gasteiger partial charge in [-0.05, 0) is 25.0 Å². The van der Waals surface area contributed by atoms with Gasteiger partial charge in [-0.25, -0.2) is 0 Å². The van der Waals surface area contributed by atoms with Crippen molar-refractivity contribution in [2.24, 2.45) is 0 Å². The zero-order valence-corrected chi connectivity index (χ0v) is 25.6. The first-order chi connectivity index (χ1) is 20.5. The van der Waals surface area contributed by atoms with Crippen LogP contribution >= 0.6 is 0 Å². The Morgan fingerprint density at radius 3 is 1.98 bits per heavy atom. The van der Waals surface area contributed by atoms with Crippen LogP contribution in [0.5, 0.6) is 0 Å². The number of nitrogens with one attached hydrogen (secondary N) is 2. The molecule has 2 aliphatic heterocycles. The number of benzene rings is 1. The van der Waals surface area contributed by atoms with Gasteiger partial charge in [0.1, 0.15) is 6.04 Å². The molecule has 2 heterocycles. The summed E-state index contributed by atoms with van der Waals surface area (Å²) in [6, 6.07) is 4.04. The predicted molar refractivity (Wildman–Crippen MR) is 164 cm³/mol. The standard InChI is InChI=1S/C33H51N3O6/c1-2-3-4-5-6-7-8-9-10-11-12-13-14-15-22-41-24-25-42-23-21-34-27-18-16-17-26-30(27)33(40)36(32(26)39)28-19-20-29(37)35-31(28)38/h16-18,28,34H,2-15,19-25H2,1H3,(H,35,37,38). The molecule has 0 saturated carbocycles. The number of ether oxygens (including phenoxy) is 2. The normalized spacial score (nSPS) is 16.7. The molecule has 1 unspecified atom stereocenters. The van der Waals surface area contributed by atoms with Gasteiger partial charge in [-0.2, -0.15) is 0 Å². The Labute approximate surface area is 251 Å². The molecule has 1 aromatic carbocycles. The maximum atomic E-state index is 13.1. The number of unbranched alkanes of at least 4 members (excludes halogenated alkanes) is 13. The van der Waals surface area contributed by atoms with Crippen molar-refractivity contribution >= 4 is 29.3 Å². The fourth-order valence-corrected chi connectivity index (χ4v) is 5.64. The molecule has 3 rings (SSSR count). The quantitative estimate of drug-likeness (QED) is 0.119. The Morgan fingerprint density at radius 2 is 1.36 bits per heavy atom. The summed E-state index contributed by atoms with van der Waals surface area (Å²) < 4.78 is 11.3. The molecule has 2 N–H and O–H groups in total. The minimum atomic E-state index is -0.976. The van der Waals surface area contributed by atoms with Gasteiger partial charge in [0.2, 0.25) is 11.8 Å². The molecule has 2 aliphatic rings. The smallest absolute Gasteiger partial charge is 0.264 e. The van der Waals surface area contributed by atoms with Crippen molar-refractivity contribution in [3.63, 3.8) is 0 Å². The van der Waals surface area contributed by atoms with E-state index in [0.29, 0.717) is 32.1 Å². The Kier molecular flexibility index (Phi) is 15.6. The molecule has 0 radical (unpaired) electrons. The summed E-state index contributed by atoms with van der Waals surface area (Å²) in [5.41, 5.74) is 1.04. The fraction of sp³-hybridized carbons (Fsp3) is 0.697. The van der Waals surface area contributed by atoms with Gasteiger partial charge < -0.3 is 14.8 Å². The van der Waals surface area contributed by atoms with Crippen LogP contribution in [0.15, 0.2) is 18.2 Å². The highest BCUT2D eigenvalue weighted by atomic mass is 16.5. The number of piperidine rings is 1. The van der Waals surface area contributed by atoms with Crippen LogP contribution in [-0.2, 0) is 19.1 Å². The second-order valence-corrected chi connectivity index (χ2v) is 11.4. The van der Waals surface area contributed by atoms with Crippen LogP contribution in [0.2, 0.25) is 0 Å². The van der Waals surface area contributed by atoms with E-state index in [2.05, 4.69) is 17.6 Å². The first-order valence-corrected chi connectivity index (χ1v) is 16.3. The number of hydrogen-bond acceptors (Lipinski definition) is 7. The summed E-state index contributed by atoms with van der Waals surface area (Å²) in [6.45, 7) is 4.95. The van der Waals surface area contributed by atoms with E-state index in [-0.39, 0.29) is 24.0 Å². The van der Waals surface area contributed by atoms with Crippen molar-refractivity contribution in [2.75, 3.05) is 38.3 Å². The number of amides is 4. The van der Waals surface area contributed by atoms with Crippen LogP contribution in [-0.4, -0.2) is 67.5 Å². The van der Waals surface area contributed by atoms with Crippen LogP contribution in [0.25, 0.3) is 0 Å². The van der Waals surface area contributed by atoms with E-state index < -0.39 is 29.7 Å². The van der Waals surface area contributed by atoms with Crippen LogP contribution in [0.4, 0.5) is 5.69 Å². The Hall–Kier alpha value is -2.78. The maximum Gasteiger partial charge on any atom is 0.264 e. The van der Waals surface area contributed by atoms with E-state index in [1.807, 2.05) is 0 Å².